The summed E-state index contributed by atoms with van der Waals surface area (Å²) in [6, 6.07) is 8.46. The van der Waals surface area contributed by atoms with Gasteiger partial charge in [0.05, 0.1) is 25.9 Å². The van der Waals surface area contributed by atoms with E-state index in [9.17, 15) is 39.5 Å². The Morgan fingerprint density at radius 2 is 1.50 bits per heavy atom. The van der Waals surface area contributed by atoms with Gasteiger partial charge in [-0.05, 0) is 158 Å². The molecule has 3 aliphatic rings. The van der Waals surface area contributed by atoms with Crippen LogP contribution in [0.15, 0.2) is 30.3 Å². The van der Waals surface area contributed by atoms with Crippen molar-refractivity contribution < 1.29 is 77.7 Å². The number of aryl methyl sites for hydroxylation is 1. The molecule has 76 heavy (non-hydrogen) atoms. The van der Waals surface area contributed by atoms with Crippen LogP contribution >= 0.6 is 30.1 Å². The fraction of sp³-hybridized carbons (Fsp3) is 0.755. The first kappa shape index (κ1) is 63.0. The van der Waals surface area contributed by atoms with Gasteiger partial charge in [-0.15, -0.1) is 0 Å². The van der Waals surface area contributed by atoms with Crippen molar-refractivity contribution in [3.8, 4) is 11.5 Å². The second kappa shape index (κ2) is 29.0. The lowest BCUT2D eigenvalue weighted by Crippen LogP contribution is -2.67. The smallest absolute Gasteiger partial charge is 0.435 e. The summed E-state index contributed by atoms with van der Waals surface area (Å²) in [5.41, 5.74) is -4.50. The molecule has 0 spiro atoms. The monoisotopic (exact) mass is 1150 g/mol. The third-order valence-electron chi connectivity index (χ3n) is 14.6. The number of hydrogen-bond acceptors (Lipinski definition) is 10. The molecule has 9 nitrogen and oxygen atoms in total. The van der Waals surface area contributed by atoms with Gasteiger partial charge in [0.15, 0.2) is 0 Å². The zero-order valence-corrected chi connectivity index (χ0v) is 46.7. The number of rotatable bonds is 31. The van der Waals surface area contributed by atoms with E-state index in [1.807, 2.05) is 24.1 Å². The Morgan fingerprint density at radius 3 is 2.14 bits per heavy atom. The number of alkyl halides is 9. The van der Waals surface area contributed by atoms with E-state index < -0.39 is 57.3 Å². The first-order valence-electron chi connectivity index (χ1n) is 26.7. The van der Waals surface area contributed by atoms with Crippen LogP contribution in [-0.4, -0.2) is 123 Å². The number of ether oxygens (including phenoxy) is 4. The van der Waals surface area contributed by atoms with Crippen molar-refractivity contribution in [1.29, 1.82) is 0 Å². The average molecular weight is 1160 g/mol. The number of halogens is 11. The first-order valence-corrected chi connectivity index (χ1v) is 29.6. The van der Waals surface area contributed by atoms with Crippen LogP contribution in [0.1, 0.15) is 123 Å². The van der Waals surface area contributed by atoms with Crippen LogP contribution in [0.3, 0.4) is 0 Å². The maximum absolute atomic E-state index is 15.4. The van der Waals surface area contributed by atoms with Crippen molar-refractivity contribution in [3.05, 3.63) is 70.1 Å². The summed E-state index contributed by atoms with van der Waals surface area (Å²) in [7, 11) is 3.93. The molecule has 23 heteroatoms. The van der Waals surface area contributed by atoms with Crippen LogP contribution in [0, 0.1) is 41.4 Å². The molecular weight excluding hydrogens is 1080 g/mol. The van der Waals surface area contributed by atoms with Crippen LogP contribution in [0.5, 0.6) is 11.5 Å². The highest BCUT2D eigenvalue weighted by Crippen LogP contribution is 2.62. The number of benzene rings is 2. The van der Waals surface area contributed by atoms with E-state index in [2.05, 4.69) is 48.9 Å². The van der Waals surface area contributed by atoms with Crippen LogP contribution in [0.2, 0.25) is 0 Å². The van der Waals surface area contributed by atoms with Gasteiger partial charge >= 0.3 is 24.1 Å². The summed E-state index contributed by atoms with van der Waals surface area (Å²) in [4.78, 5) is 5.26. The minimum absolute atomic E-state index is 0.0299. The topological polar surface area (TPSA) is 66.2 Å². The van der Waals surface area contributed by atoms with Gasteiger partial charge in [-0.3, -0.25) is 0 Å². The van der Waals surface area contributed by atoms with E-state index in [0.717, 1.165) is 61.2 Å². The molecule has 0 bridgehead atoms. The van der Waals surface area contributed by atoms with Gasteiger partial charge in [0.2, 0.25) is 6.54 Å². The Labute approximate surface area is 452 Å². The molecule has 5 rings (SSSR count). The molecular formula is C53H75F11N3O6PS2. The molecule has 3 aliphatic carbocycles. The highest BCUT2D eigenvalue weighted by atomic mass is 33.1. The predicted octanol–water partition coefficient (Wildman–Crippen LogP) is 15.8. The molecule has 0 heterocycles. The average Bonchev–Trinajstić information content (AvgIpc) is 3.71. The van der Waals surface area contributed by atoms with Crippen molar-refractivity contribution in [2.24, 2.45) is 23.2 Å². The maximum Gasteiger partial charge on any atom is 0.435 e. The summed E-state index contributed by atoms with van der Waals surface area (Å²) in [5, 5.41) is 0. The minimum atomic E-state index is -6.78. The summed E-state index contributed by atoms with van der Waals surface area (Å²) < 4.78 is 194. The zero-order valence-electron chi connectivity index (χ0n) is 45.2. The molecule has 0 radical (unpaired) electrons. The van der Waals surface area contributed by atoms with Crippen LogP contribution in [-0.2, 0) is 36.2 Å². The molecule has 2 saturated carbocycles. The molecule has 0 aromatic heterocycles. The lowest BCUT2D eigenvalue weighted by molar-refractivity contribution is -0.457. The van der Waals surface area contributed by atoms with Crippen LogP contribution in [0.25, 0.3) is 4.85 Å². The number of hydrogen-bond donors (Lipinski definition) is 0. The Balaban J connectivity index is 0.985. The van der Waals surface area contributed by atoms with Crippen LogP contribution < -0.4 is 4.74 Å². The Bertz CT molecular complexity index is 2110. The third kappa shape index (κ3) is 16.7. The van der Waals surface area contributed by atoms with Crippen LogP contribution in [0.4, 0.5) is 48.3 Å². The van der Waals surface area contributed by atoms with E-state index in [4.69, 9.17) is 31.2 Å². The lowest BCUT2D eigenvalue weighted by Gasteiger charge is -2.50. The second-order valence-electron chi connectivity index (χ2n) is 20.8. The van der Waals surface area contributed by atoms with E-state index in [1.54, 1.807) is 27.7 Å². The largest absolute Gasteiger partial charge is 0.457 e. The van der Waals surface area contributed by atoms with Crippen molar-refractivity contribution >= 4 is 30.1 Å². The second-order valence-corrected chi connectivity index (χ2v) is 24.9. The van der Waals surface area contributed by atoms with Gasteiger partial charge in [-0.1, -0.05) is 41.5 Å². The zero-order chi connectivity index (χ0) is 56.8. The van der Waals surface area contributed by atoms with Gasteiger partial charge in [0.25, 0.3) is 8.53 Å². The quantitative estimate of drug-likeness (QED) is 0.0240. The summed E-state index contributed by atoms with van der Waals surface area (Å²) >= 11 is 0. The SMILES string of the molecule is [2H]CC(CCCOCCSSCCCN(C)Cc1c(F)cc(Oc2ccc3c(c2)CCC2C3CCC3(C)C(OCCCOC(C(F)(F)F)(C(F)(F)F)C(F)(F)F)CCC23)cc1F)COP(OCC[N+]#[C-])N(C(C)C)C(C)C. The molecule has 0 saturated heterocycles. The van der Waals surface area contributed by atoms with Gasteiger partial charge < -0.3 is 37.7 Å². The van der Waals surface area contributed by atoms with E-state index >= 15 is 8.78 Å². The van der Waals surface area contributed by atoms with Gasteiger partial charge in [0.1, 0.15) is 29.7 Å². The van der Waals surface area contributed by atoms with Crippen molar-refractivity contribution in [1.82, 2.24) is 9.57 Å². The number of fused-ring (bicyclic) bond motifs is 5. The Hall–Kier alpha value is -2.19. The summed E-state index contributed by atoms with van der Waals surface area (Å²) in [6.45, 7) is 18.8. The molecule has 0 amide bonds. The third-order valence-corrected chi connectivity index (χ3v) is 19.2. The van der Waals surface area contributed by atoms with Gasteiger partial charge in [-0.2, -0.15) is 39.5 Å². The Morgan fingerprint density at radius 1 is 0.816 bits per heavy atom. The van der Waals surface area contributed by atoms with Crippen molar-refractivity contribution in [3.63, 3.8) is 0 Å². The summed E-state index contributed by atoms with van der Waals surface area (Å²) in [5.74, 6) is 1.41. The summed E-state index contributed by atoms with van der Waals surface area (Å²) in [6.07, 6.45) is -14.5. The molecule has 2 fully saturated rings. The molecule has 0 N–H and O–H groups in total. The first-order chi connectivity index (χ1) is 36.3. The molecule has 0 aliphatic heterocycles. The fourth-order valence-corrected chi connectivity index (χ4v) is 14.7. The van der Waals surface area contributed by atoms with E-state index in [-0.39, 0.29) is 85.2 Å². The highest BCUT2D eigenvalue weighted by molar-refractivity contribution is 8.76. The van der Waals surface area contributed by atoms with Gasteiger partial charge in [-0.25, -0.2) is 20.0 Å². The molecule has 2 aromatic rings. The van der Waals surface area contributed by atoms with E-state index in [0.29, 0.717) is 58.0 Å². The number of nitrogens with zero attached hydrogens (tertiary/aromatic N) is 3. The minimum Gasteiger partial charge on any atom is -0.457 e. The van der Waals surface area contributed by atoms with Crippen molar-refractivity contribution in [2.75, 3.05) is 71.3 Å². The highest BCUT2D eigenvalue weighted by Gasteiger charge is 2.85. The molecule has 432 valence electrons. The molecule has 2 aromatic carbocycles. The molecule has 7 atom stereocenters. The van der Waals surface area contributed by atoms with Gasteiger partial charge in [0, 0.05) is 62.4 Å². The standard InChI is InChI=1S/C53H75F11N3O6PS2/c1-35(2)67(36(3)4)74(71-26-21-65-7)72-34-37(5)12-9-23-68-27-29-76-75-28-10-22-66(8)33-44-46(54)31-40(32-47(44)55)73-39-14-16-41-38(30-39)13-15-43-42(41)19-20-49(6)45(43)17-18-48(49)69-24-11-25-70-50(51(56,57)58,52(59,60)61)53(62,63)64/h14,16,30-32,35-37,42-43,45,48H,9-13,15,17-29,33-34H2,1-6,8H3/i5D. The molecule has 7 unspecified atom stereocenters. The van der Waals surface area contributed by atoms with Crippen molar-refractivity contribution in [2.45, 2.75) is 161 Å². The normalized spacial score (nSPS) is 22.2. The van der Waals surface area contributed by atoms with E-state index in [1.165, 1.54) is 12.1 Å². The fourth-order valence-electron chi connectivity index (χ4n) is 11.1. The maximum atomic E-state index is 15.4. The lowest BCUT2D eigenvalue weighted by atomic mass is 9.55. The predicted molar refractivity (Wildman–Crippen MR) is 276 cm³/mol. The Kier molecular flexibility index (Phi) is 24.0.